The Bertz CT molecular complexity index is 1220. The Morgan fingerprint density at radius 1 is 1.25 bits per heavy atom. The number of nitrogens with two attached hydrogens (primary N) is 1. The van der Waals surface area contributed by atoms with Gasteiger partial charge in [-0.05, 0) is 24.8 Å². The Kier molecular flexibility index (Phi) is 7.13. The minimum Gasteiger partial charge on any atom is -0.383 e. The molecule has 0 fully saturated rings. The lowest BCUT2D eigenvalue weighted by Gasteiger charge is -2.25. The van der Waals surface area contributed by atoms with E-state index in [9.17, 15) is 14.4 Å². The number of unbranched alkanes of at least 4 members (excludes halogenated alkanes) is 1. The van der Waals surface area contributed by atoms with Crippen molar-refractivity contribution in [3.05, 3.63) is 55.8 Å². The number of nitrogen functional groups attached to an aromatic ring is 1. The van der Waals surface area contributed by atoms with Crippen LogP contribution in [0.3, 0.4) is 0 Å². The summed E-state index contributed by atoms with van der Waals surface area (Å²) in [7, 11) is 1.76. The number of amides is 1. The molecular formula is C23H30ClN5O3. The molecule has 0 unspecified atom stereocenters. The van der Waals surface area contributed by atoms with Crippen LogP contribution in [-0.2, 0) is 13.6 Å². The molecule has 0 spiro atoms. The van der Waals surface area contributed by atoms with Gasteiger partial charge in [-0.3, -0.25) is 24.0 Å². The van der Waals surface area contributed by atoms with Gasteiger partial charge in [-0.15, -0.1) is 0 Å². The van der Waals surface area contributed by atoms with E-state index in [0.717, 1.165) is 17.3 Å². The molecule has 3 rings (SSSR count). The van der Waals surface area contributed by atoms with E-state index < -0.39 is 17.2 Å². The van der Waals surface area contributed by atoms with Crippen LogP contribution in [0.5, 0.6) is 0 Å². The van der Waals surface area contributed by atoms with Gasteiger partial charge in [0.15, 0.2) is 5.69 Å². The van der Waals surface area contributed by atoms with Crippen LogP contribution in [0.25, 0.3) is 10.9 Å². The van der Waals surface area contributed by atoms with Crippen molar-refractivity contribution in [1.29, 1.82) is 0 Å². The molecule has 0 saturated carbocycles. The van der Waals surface area contributed by atoms with E-state index in [-0.39, 0.29) is 29.7 Å². The normalized spacial score (nSPS) is 11.4. The number of benzene rings is 1. The first-order chi connectivity index (χ1) is 15.2. The van der Waals surface area contributed by atoms with Crippen LogP contribution >= 0.6 is 11.6 Å². The Morgan fingerprint density at radius 3 is 2.56 bits per heavy atom. The summed E-state index contributed by atoms with van der Waals surface area (Å²) in [4.78, 5) is 42.7. The quantitative estimate of drug-likeness (QED) is 0.534. The van der Waals surface area contributed by atoms with E-state index in [1.54, 1.807) is 11.6 Å². The molecule has 8 nitrogen and oxygen atoms in total. The third kappa shape index (κ3) is 4.32. The van der Waals surface area contributed by atoms with Crippen LogP contribution in [0.15, 0.2) is 33.9 Å². The first kappa shape index (κ1) is 23.7. The summed E-state index contributed by atoms with van der Waals surface area (Å²) in [6.45, 7) is 6.67. The fourth-order valence-electron chi connectivity index (χ4n) is 3.79. The molecule has 0 atom stereocenters. The SMILES string of the molecule is CCCCn1c(N)c(N(CCC(C)C)C(=O)c2c(Cl)c3ccccc3n2C)c(=O)[nH]c1=O. The molecule has 1 amide bonds. The number of hydrogen-bond donors (Lipinski definition) is 2. The van der Waals surface area contributed by atoms with Gasteiger partial charge in [0.25, 0.3) is 11.5 Å². The Balaban J connectivity index is 2.20. The number of fused-ring (bicyclic) bond motifs is 1. The van der Waals surface area contributed by atoms with Gasteiger partial charge >= 0.3 is 5.69 Å². The molecule has 2 heterocycles. The molecule has 0 aliphatic carbocycles. The van der Waals surface area contributed by atoms with Crippen molar-refractivity contribution in [1.82, 2.24) is 14.1 Å². The summed E-state index contributed by atoms with van der Waals surface area (Å²) in [5, 5.41) is 1.07. The standard InChI is InChI=1S/C23H30ClN5O3/c1-5-6-12-29-20(25)19(21(30)26-23(29)32)28(13-11-14(2)3)22(31)18-17(24)15-9-7-8-10-16(15)27(18)4/h7-10,14H,5-6,11-13,25H2,1-4H3,(H,26,30,32). The predicted molar refractivity (Wildman–Crippen MR) is 130 cm³/mol. The summed E-state index contributed by atoms with van der Waals surface area (Å²) < 4.78 is 3.04. The molecule has 0 aliphatic rings. The number of carbonyl (C=O) groups is 1. The molecule has 32 heavy (non-hydrogen) atoms. The first-order valence-corrected chi connectivity index (χ1v) is 11.2. The highest BCUT2D eigenvalue weighted by Crippen LogP contribution is 2.32. The average Bonchev–Trinajstić information content (AvgIpc) is 3.00. The number of H-pyrrole nitrogens is 1. The first-order valence-electron chi connectivity index (χ1n) is 10.9. The smallest absolute Gasteiger partial charge is 0.330 e. The number of carbonyl (C=O) groups excluding carboxylic acids is 1. The zero-order chi connectivity index (χ0) is 23.6. The highest BCUT2D eigenvalue weighted by atomic mass is 35.5. The number of para-hydroxylation sites is 1. The van der Waals surface area contributed by atoms with E-state index in [1.165, 1.54) is 9.47 Å². The molecule has 0 bridgehead atoms. The number of aromatic amines is 1. The van der Waals surface area contributed by atoms with Crippen LogP contribution in [0.4, 0.5) is 11.5 Å². The summed E-state index contributed by atoms with van der Waals surface area (Å²) in [5.74, 6) is -0.175. The molecule has 0 saturated heterocycles. The summed E-state index contributed by atoms with van der Waals surface area (Å²) >= 11 is 6.62. The molecule has 0 aliphatic heterocycles. The number of nitrogens with zero attached hydrogens (tertiary/aromatic N) is 3. The minimum atomic E-state index is -0.688. The highest BCUT2D eigenvalue weighted by molar-refractivity contribution is 6.39. The van der Waals surface area contributed by atoms with Gasteiger partial charge in [0, 0.05) is 31.0 Å². The Hall–Kier alpha value is -3.00. The zero-order valence-electron chi connectivity index (χ0n) is 18.9. The molecule has 0 radical (unpaired) electrons. The molecule has 3 aromatic rings. The second-order valence-electron chi connectivity index (χ2n) is 8.38. The van der Waals surface area contributed by atoms with Gasteiger partial charge in [-0.2, -0.15) is 0 Å². The lowest BCUT2D eigenvalue weighted by molar-refractivity contribution is 0.0978. The summed E-state index contributed by atoms with van der Waals surface area (Å²) in [6.07, 6.45) is 2.20. The summed E-state index contributed by atoms with van der Waals surface area (Å²) in [6, 6.07) is 7.45. The molecule has 3 N–H and O–H groups in total. The number of anilines is 2. The highest BCUT2D eigenvalue weighted by Gasteiger charge is 2.29. The zero-order valence-corrected chi connectivity index (χ0v) is 19.7. The van der Waals surface area contributed by atoms with Gasteiger partial charge in [0.1, 0.15) is 11.5 Å². The number of rotatable bonds is 8. The third-order valence-corrected chi connectivity index (χ3v) is 6.02. The Labute approximate surface area is 191 Å². The lowest BCUT2D eigenvalue weighted by Crippen LogP contribution is -2.42. The van der Waals surface area contributed by atoms with Gasteiger partial charge in [0.2, 0.25) is 0 Å². The van der Waals surface area contributed by atoms with Crippen molar-refractivity contribution in [3.63, 3.8) is 0 Å². The van der Waals surface area contributed by atoms with E-state index in [4.69, 9.17) is 17.3 Å². The molecule has 172 valence electrons. The molecule has 9 heteroatoms. The van der Waals surface area contributed by atoms with E-state index in [0.29, 0.717) is 24.4 Å². The lowest BCUT2D eigenvalue weighted by atomic mass is 10.1. The van der Waals surface area contributed by atoms with Crippen LogP contribution < -0.4 is 21.9 Å². The maximum Gasteiger partial charge on any atom is 0.330 e. The van der Waals surface area contributed by atoms with Crippen molar-refractivity contribution in [2.75, 3.05) is 17.2 Å². The largest absolute Gasteiger partial charge is 0.383 e. The van der Waals surface area contributed by atoms with Crippen molar-refractivity contribution in [3.8, 4) is 0 Å². The number of nitrogens with one attached hydrogen (secondary N) is 1. The maximum absolute atomic E-state index is 13.8. The topological polar surface area (TPSA) is 106 Å². The number of halogens is 1. The molecular weight excluding hydrogens is 430 g/mol. The van der Waals surface area contributed by atoms with Crippen LogP contribution in [-0.4, -0.2) is 26.6 Å². The second-order valence-corrected chi connectivity index (χ2v) is 8.75. The van der Waals surface area contributed by atoms with Crippen LogP contribution in [0, 0.1) is 5.92 Å². The van der Waals surface area contributed by atoms with Gasteiger partial charge in [0.05, 0.1) is 5.02 Å². The fourth-order valence-corrected chi connectivity index (χ4v) is 4.16. The van der Waals surface area contributed by atoms with E-state index in [1.807, 2.05) is 45.0 Å². The van der Waals surface area contributed by atoms with E-state index in [2.05, 4.69) is 4.98 Å². The Morgan fingerprint density at radius 2 is 1.94 bits per heavy atom. The number of hydrogen-bond acceptors (Lipinski definition) is 4. The van der Waals surface area contributed by atoms with Gasteiger partial charge in [-0.25, -0.2) is 4.79 Å². The molecule has 1 aromatic carbocycles. The fraction of sp³-hybridized carbons (Fsp3) is 0.435. The maximum atomic E-state index is 13.8. The van der Waals surface area contributed by atoms with Crippen molar-refractivity contribution < 1.29 is 4.79 Å². The van der Waals surface area contributed by atoms with Crippen molar-refractivity contribution in [2.24, 2.45) is 13.0 Å². The number of aromatic nitrogens is 3. The minimum absolute atomic E-state index is 0.0146. The third-order valence-electron chi connectivity index (χ3n) is 5.64. The molecule has 2 aromatic heterocycles. The van der Waals surface area contributed by atoms with Crippen molar-refractivity contribution >= 4 is 39.9 Å². The predicted octanol–water partition coefficient (Wildman–Crippen LogP) is 3.76. The number of aryl methyl sites for hydroxylation is 1. The van der Waals surface area contributed by atoms with Gasteiger partial charge in [-0.1, -0.05) is 57.0 Å². The van der Waals surface area contributed by atoms with Crippen molar-refractivity contribution in [2.45, 2.75) is 46.6 Å². The van der Waals surface area contributed by atoms with Crippen LogP contribution in [0.2, 0.25) is 5.02 Å². The van der Waals surface area contributed by atoms with Crippen LogP contribution in [0.1, 0.15) is 50.5 Å². The average molecular weight is 460 g/mol. The van der Waals surface area contributed by atoms with Gasteiger partial charge < -0.3 is 10.3 Å². The summed E-state index contributed by atoms with van der Waals surface area (Å²) in [5.41, 5.74) is 6.09. The monoisotopic (exact) mass is 459 g/mol. The van der Waals surface area contributed by atoms with E-state index >= 15 is 0 Å². The second kappa shape index (κ2) is 9.65.